The van der Waals surface area contributed by atoms with Gasteiger partial charge in [-0.05, 0) is 37.3 Å². The zero-order chi connectivity index (χ0) is 14.2. The first kappa shape index (κ1) is 12.1. The smallest absolute Gasteiger partial charge is 0.231 e. The van der Waals surface area contributed by atoms with E-state index in [4.69, 9.17) is 14.2 Å². The zero-order valence-electron chi connectivity index (χ0n) is 11.6. The number of nitrogens with zero attached hydrogens (tertiary/aromatic N) is 2. The molecule has 0 N–H and O–H groups in total. The van der Waals surface area contributed by atoms with Gasteiger partial charge in [0, 0.05) is 18.0 Å². The maximum atomic E-state index is 5.61. The van der Waals surface area contributed by atoms with Gasteiger partial charge in [-0.25, -0.2) is 4.98 Å². The highest BCUT2D eigenvalue weighted by Gasteiger charge is 2.15. The lowest BCUT2D eigenvalue weighted by atomic mass is 10.1. The van der Waals surface area contributed by atoms with Crippen LogP contribution in [0.3, 0.4) is 0 Å². The average Bonchev–Trinajstić information content (AvgIpc) is 3.13. The topological polar surface area (TPSA) is 45.0 Å². The van der Waals surface area contributed by atoms with Gasteiger partial charge in [0.1, 0.15) is 0 Å². The van der Waals surface area contributed by atoms with Crippen molar-refractivity contribution in [1.29, 1.82) is 0 Å². The van der Waals surface area contributed by atoms with E-state index in [9.17, 15) is 0 Å². The Hall–Kier alpha value is -2.69. The summed E-state index contributed by atoms with van der Waals surface area (Å²) in [5.74, 6) is 2.32. The standard InChI is InChI=1S/C16H14N2O3/c1-2-19-14-4-3-7-18-9-12(17-16(14)18)11-5-6-13-15(8-11)21-10-20-13/h3-9H,2,10H2,1H3. The molecule has 0 saturated heterocycles. The van der Waals surface area contributed by atoms with Crippen molar-refractivity contribution < 1.29 is 14.2 Å². The third kappa shape index (κ3) is 1.98. The molecule has 3 heterocycles. The summed E-state index contributed by atoms with van der Waals surface area (Å²) in [6, 6.07) is 9.71. The fraction of sp³-hybridized carbons (Fsp3) is 0.188. The molecule has 0 spiro atoms. The van der Waals surface area contributed by atoms with Gasteiger partial charge in [0.05, 0.1) is 12.3 Å². The van der Waals surface area contributed by atoms with E-state index >= 15 is 0 Å². The van der Waals surface area contributed by atoms with Gasteiger partial charge in [-0.15, -0.1) is 0 Å². The summed E-state index contributed by atoms with van der Waals surface area (Å²) in [6.45, 7) is 2.86. The Morgan fingerprint density at radius 1 is 1.24 bits per heavy atom. The third-order valence-corrected chi connectivity index (χ3v) is 3.42. The molecule has 5 nitrogen and oxygen atoms in total. The second-order valence-electron chi connectivity index (χ2n) is 4.73. The second-order valence-corrected chi connectivity index (χ2v) is 4.73. The Bertz CT molecular complexity index is 810. The molecule has 106 valence electrons. The van der Waals surface area contributed by atoms with Gasteiger partial charge in [-0.3, -0.25) is 0 Å². The number of pyridine rings is 1. The third-order valence-electron chi connectivity index (χ3n) is 3.42. The summed E-state index contributed by atoms with van der Waals surface area (Å²) in [5.41, 5.74) is 2.68. The summed E-state index contributed by atoms with van der Waals surface area (Å²) in [4.78, 5) is 4.67. The summed E-state index contributed by atoms with van der Waals surface area (Å²) in [6.07, 6.45) is 3.94. The van der Waals surface area contributed by atoms with Crippen LogP contribution < -0.4 is 14.2 Å². The molecule has 0 amide bonds. The lowest BCUT2D eigenvalue weighted by Gasteiger charge is -2.03. The van der Waals surface area contributed by atoms with Crippen LogP contribution in [-0.4, -0.2) is 22.8 Å². The van der Waals surface area contributed by atoms with Gasteiger partial charge in [0.2, 0.25) is 6.79 Å². The monoisotopic (exact) mass is 282 g/mol. The molecule has 5 heteroatoms. The first-order valence-corrected chi connectivity index (χ1v) is 6.85. The Balaban J connectivity index is 1.82. The van der Waals surface area contributed by atoms with Gasteiger partial charge in [-0.1, -0.05) is 0 Å². The number of rotatable bonds is 3. The van der Waals surface area contributed by atoms with E-state index in [-0.39, 0.29) is 6.79 Å². The van der Waals surface area contributed by atoms with Crippen LogP contribution in [-0.2, 0) is 0 Å². The molecular weight excluding hydrogens is 268 g/mol. The molecule has 0 atom stereocenters. The lowest BCUT2D eigenvalue weighted by Crippen LogP contribution is -1.94. The molecule has 21 heavy (non-hydrogen) atoms. The minimum absolute atomic E-state index is 0.276. The van der Waals surface area contributed by atoms with E-state index in [1.54, 1.807) is 0 Å². The van der Waals surface area contributed by atoms with E-state index < -0.39 is 0 Å². The number of hydrogen-bond acceptors (Lipinski definition) is 4. The number of aromatic nitrogens is 2. The van der Waals surface area contributed by atoms with Crippen molar-refractivity contribution in [2.24, 2.45) is 0 Å². The van der Waals surface area contributed by atoms with Crippen molar-refractivity contribution in [2.45, 2.75) is 6.92 Å². The number of ether oxygens (including phenoxy) is 3. The first-order chi connectivity index (χ1) is 10.3. The summed E-state index contributed by atoms with van der Waals surface area (Å²) >= 11 is 0. The SMILES string of the molecule is CCOc1cccn2cc(-c3ccc4c(c3)OCO4)nc12. The maximum Gasteiger partial charge on any atom is 0.231 e. The van der Waals surface area contributed by atoms with E-state index in [1.807, 2.05) is 54.0 Å². The highest BCUT2D eigenvalue weighted by Crippen LogP contribution is 2.36. The highest BCUT2D eigenvalue weighted by atomic mass is 16.7. The van der Waals surface area contributed by atoms with Crippen LogP contribution in [0, 0.1) is 0 Å². The van der Waals surface area contributed by atoms with Crippen molar-refractivity contribution in [2.75, 3.05) is 13.4 Å². The van der Waals surface area contributed by atoms with Gasteiger partial charge >= 0.3 is 0 Å². The number of fused-ring (bicyclic) bond motifs is 2. The van der Waals surface area contributed by atoms with Crippen LogP contribution in [0.25, 0.3) is 16.9 Å². The van der Waals surface area contributed by atoms with Gasteiger partial charge in [-0.2, -0.15) is 0 Å². The summed E-state index contributed by atoms with van der Waals surface area (Å²) < 4.78 is 18.3. The molecule has 0 saturated carbocycles. The van der Waals surface area contributed by atoms with Gasteiger partial charge in [0.15, 0.2) is 22.9 Å². The second kappa shape index (κ2) is 4.70. The van der Waals surface area contributed by atoms with E-state index in [0.717, 1.165) is 34.2 Å². The molecule has 1 aliphatic rings. The quantitative estimate of drug-likeness (QED) is 0.740. The molecule has 0 aliphatic carbocycles. The van der Waals surface area contributed by atoms with Crippen LogP contribution >= 0.6 is 0 Å². The minimum atomic E-state index is 0.276. The van der Waals surface area contributed by atoms with Gasteiger partial charge in [0.25, 0.3) is 0 Å². The molecule has 1 aromatic carbocycles. The average molecular weight is 282 g/mol. The molecule has 0 bridgehead atoms. The Morgan fingerprint density at radius 2 is 2.14 bits per heavy atom. The molecule has 0 unspecified atom stereocenters. The molecule has 2 aromatic heterocycles. The Morgan fingerprint density at radius 3 is 3.05 bits per heavy atom. The van der Waals surface area contributed by atoms with Crippen LogP contribution in [0.15, 0.2) is 42.7 Å². The predicted octanol–water partition coefficient (Wildman–Crippen LogP) is 3.13. The molecule has 0 fully saturated rings. The normalized spacial score (nSPS) is 12.8. The Labute approximate surface area is 121 Å². The highest BCUT2D eigenvalue weighted by molar-refractivity contribution is 5.68. The summed E-state index contributed by atoms with van der Waals surface area (Å²) in [7, 11) is 0. The van der Waals surface area contributed by atoms with Crippen molar-refractivity contribution in [3.05, 3.63) is 42.7 Å². The van der Waals surface area contributed by atoms with E-state index in [2.05, 4.69) is 4.98 Å². The van der Waals surface area contributed by atoms with Crippen molar-refractivity contribution in [3.63, 3.8) is 0 Å². The number of hydrogen-bond donors (Lipinski definition) is 0. The van der Waals surface area contributed by atoms with Crippen LogP contribution in [0.1, 0.15) is 6.92 Å². The van der Waals surface area contributed by atoms with Crippen molar-refractivity contribution in [1.82, 2.24) is 9.38 Å². The predicted molar refractivity (Wildman–Crippen MR) is 77.9 cm³/mol. The summed E-state index contributed by atoms with van der Waals surface area (Å²) in [5, 5.41) is 0. The minimum Gasteiger partial charge on any atom is -0.490 e. The van der Waals surface area contributed by atoms with Crippen molar-refractivity contribution >= 4 is 5.65 Å². The first-order valence-electron chi connectivity index (χ1n) is 6.85. The van der Waals surface area contributed by atoms with Crippen LogP contribution in [0.5, 0.6) is 17.2 Å². The number of imidazole rings is 1. The molecular formula is C16H14N2O3. The van der Waals surface area contributed by atoms with Crippen LogP contribution in [0.4, 0.5) is 0 Å². The Kier molecular flexibility index (Phi) is 2.70. The molecule has 3 aromatic rings. The lowest BCUT2D eigenvalue weighted by molar-refractivity contribution is 0.174. The molecule has 0 radical (unpaired) electrons. The maximum absolute atomic E-state index is 5.61. The van der Waals surface area contributed by atoms with E-state index in [0.29, 0.717) is 6.61 Å². The van der Waals surface area contributed by atoms with E-state index in [1.165, 1.54) is 0 Å². The number of benzene rings is 1. The fourth-order valence-electron chi connectivity index (χ4n) is 2.45. The zero-order valence-corrected chi connectivity index (χ0v) is 11.6. The largest absolute Gasteiger partial charge is 0.490 e. The molecule has 1 aliphatic heterocycles. The van der Waals surface area contributed by atoms with Crippen molar-refractivity contribution in [3.8, 4) is 28.5 Å². The molecule has 4 rings (SSSR count). The van der Waals surface area contributed by atoms with Gasteiger partial charge < -0.3 is 18.6 Å². The van der Waals surface area contributed by atoms with Crippen LogP contribution in [0.2, 0.25) is 0 Å². The fourth-order valence-corrected chi connectivity index (χ4v) is 2.45.